The molecule has 10 heteroatoms. The lowest BCUT2D eigenvalue weighted by Crippen LogP contribution is -2.23. The van der Waals surface area contributed by atoms with E-state index in [1.165, 1.54) is 36.0 Å². The number of halogens is 4. The van der Waals surface area contributed by atoms with Gasteiger partial charge in [-0.3, -0.25) is 4.57 Å². The first-order valence-corrected chi connectivity index (χ1v) is 14.4. The van der Waals surface area contributed by atoms with Gasteiger partial charge in [0.05, 0.1) is 26.8 Å². The summed E-state index contributed by atoms with van der Waals surface area (Å²) >= 11 is 13.7. The predicted molar refractivity (Wildman–Crippen MR) is 141 cm³/mol. The van der Waals surface area contributed by atoms with Crippen molar-refractivity contribution in [1.82, 2.24) is 9.55 Å². The van der Waals surface area contributed by atoms with Crippen molar-refractivity contribution in [2.45, 2.75) is 35.1 Å². The van der Waals surface area contributed by atoms with E-state index in [-0.39, 0.29) is 16.5 Å². The van der Waals surface area contributed by atoms with E-state index in [1.807, 2.05) is 24.5 Å². The van der Waals surface area contributed by atoms with Crippen LogP contribution < -0.4 is 0 Å². The number of hydrogen-bond donors (Lipinski definition) is 0. The molecule has 0 amide bonds. The number of thioether (sulfide) groups is 1. The maximum Gasteiger partial charge on any atom is 0.175 e. The second kappa shape index (κ2) is 10.2. The van der Waals surface area contributed by atoms with Gasteiger partial charge in [0, 0.05) is 23.1 Å². The monoisotopic (exact) mass is 566 g/mol. The Kier molecular flexibility index (Phi) is 7.53. The molecular weight excluding hydrogens is 545 g/mol. The van der Waals surface area contributed by atoms with E-state index < -0.39 is 21.1 Å². The number of rotatable bonds is 7. The van der Waals surface area contributed by atoms with Crippen molar-refractivity contribution in [2.24, 2.45) is 0 Å². The van der Waals surface area contributed by atoms with Gasteiger partial charge in [-0.25, -0.2) is 22.2 Å². The molecule has 4 nitrogen and oxygen atoms in total. The Bertz CT molecular complexity index is 1540. The van der Waals surface area contributed by atoms with Gasteiger partial charge in [-0.2, -0.15) is 0 Å². The molecule has 0 saturated carbocycles. The summed E-state index contributed by atoms with van der Waals surface area (Å²) in [6.45, 7) is 4.03. The fourth-order valence-electron chi connectivity index (χ4n) is 3.89. The van der Waals surface area contributed by atoms with Crippen molar-refractivity contribution in [3.8, 4) is 5.69 Å². The van der Waals surface area contributed by atoms with E-state index in [9.17, 15) is 17.2 Å². The van der Waals surface area contributed by atoms with Gasteiger partial charge in [0.25, 0.3) is 0 Å². The number of nitrogens with zero attached hydrogens (tertiary/aromatic N) is 2. The fourth-order valence-corrected chi connectivity index (χ4v) is 6.21. The standard InChI is InChI=1S/C26H22Cl2F2N2O2S2/c1-26(2,17-5-11-21(27)22(28)12-17)24-14-31-25(32(24)20-9-7-18(29)8-10-20)35-15-16-4-6-19(30)13-23(16)36(3,33)34/h4-14H,15H2,1-3H3. The molecule has 36 heavy (non-hydrogen) atoms. The van der Waals surface area contributed by atoms with Crippen molar-refractivity contribution in [1.29, 1.82) is 0 Å². The average molecular weight is 568 g/mol. The Balaban J connectivity index is 1.80. The molecule has 0 N–H and O–H groups in total. The first-order valence-electron chi connectivity index (χ1n) is 10.8. The highest BCUT2D eigenvalue weighted by molar-refractivity contribution is 7.98. The lowest BCUT2D eigenvalue weighted by atomic mass is 9.81. The van der Waals surface area contributed by atoms with Gasteiger partial charge < -0.3 is 0 Å². The third kappa shape index (κ3) is 5.47. The first kappa shape index (κ1) is 26.7. The molecule has 0 aliphatic heterocycles. The number of hydrogen-bond acceptors (Lipinski definition) is 4. The number of aromatic nitrogens is 2. The van der Waals surface area contributed by atoms with Crippen LogP contribution in [0.5, 0.6) is 0 Å². The Labute approximate surface area is 223 Å². The summed E-state index contributed by atoms with van der Waals surface area (Å²) in [6, 6.07) is 15.2. The molecule has 0 bridgehead atoms. The molecule has 0 saturated heterocycles. The highest BCUT2D eigenvalue weighted by Crippen LogP contribution is 2.39. The molecule has 0 unspecified atom stereocenters. The molecule has 1 aromatic heterocycles. The molecule has 0 atom stereocenters. The van der Waals surface area contributed by atoms with Crippen LogP contribution in [0.3, 0.4) is 0 Å². The summed E-state index contributed by atoms with van der Waals surface area (Å²) in [4.78, 5) is 4.56. The molecule has 0 aliphatic rings. The number of imidazole rings is 1. The van der Waals surface area contributed by atoms with Crippen LogP contribution in [0.15, 0.2) is 76.9 Å². The van der Waals surface area contributed by atoms with Crippen LogP contribution in [0.25, 0.3) is 5.69 Å². The van der Waals surface area contributed by atoms with Crippen LogP contribution >= 0.6 is 35.0 Å². The molecule has 4 rings (SSSR count). The molecule has 0 radical (unpaired) electrons. The van der Waals surface area contributed by atoms with Gasteiger partial charge in [0.2, 0.25) is 0 Å². The highest BCUT2D eigenvalue weighted by atomic mass is 35.5. The Morgan fingerprint density at radius 1 is 0.944 bits per heavy atom. The first-order chi connectivity index (χ1) is 16.9. The van der Waals surface area contributed by atoms with Crippen LogP contribution in [0, 0.1) is 11.6 Å². The van der Waals surface area contributed by atoms with Gasteiger partial charge in [0.15, 0.2) is 15.0 Å². The molecule has 0 aliphatic carbocycles. The summed E-state index contributed by atoms with van der Waals surface area (Å²) in [6.07, 6.45) is 2.78. The van der Waals surface area contributed by atoms with Crippen LogP contribution in [-0.4, -0.2) is 24.2 Å². The Morgan fingerprint density at radius 3 is 2.25 bits per heavy atom. The minimum Gasteiger partial charge on any atom is -0.291 e. The fraction of sp³-hybridized carbons (Fsp3) is 0.192. The third-order valence-electron chi connectivity index (χ3n) is 5.88. The summed E-state index contributed by atoms with van der Waals surface area (Å²) in [5.74, 6) is -0.766. The van der Waals surface area contributed by atoms with Gasteiger partial charge >= 0.3 is 0 Å². The zero-order valence-corrected chi connectivity index (χ0v) is 22.7. The molecule has 4 aromatic rings. The number of benzene rings is 3. The average Bonchev–Trinajstić information content (AvgIpc) is 3.24. The summed E-state index contributed by atoms with van der Waals surface area (Å²) < 4.78 is 53.9. The Morgan fingerprint density at radius 2 is 1.61 bits per heavy atom. The van der Waals surface area contributed by atoms with E-state index in [4.69, 9.17) is 23.2 Å². The van der Waals surface area contributed by atoms with E-state index in [0.29, 0.717) is 26.5 Å². The second-order valence-corrected chi connectivity index (χ2v) is 12.5. The van der Waals surface area contributed by atoms with Gasteiger partial charge in [-0.15, -0.1) is 0 Å². The van der Waals surface area contributed by atoms with E-state index >= 15 is 0 Å². The second-order valence-electron chi connectivity index (χ2n) is 8.80. The van der Waals surface area contributed by atoms with Crippen LogP contribution in [-0.2, 0) is 21.0 Å². The van der Waals surface area contributed by atoms with E-state index in [2.05, 4.69) is 4.98 Å². The maximum atomic E-state index is 13.8. The molecule has 1 heterocycles. The Hall–Kier alpha value is -2.39. The minimum atomic E-state index is -3.63. The van der Waals surface area contributed by atoms with Crippen LogP contribution in [0.1, 0.15) is 30.7 Å². The van der Waals surface area contributed by atoms with Crippen LogP contribution in [0.4, 0.5) is 8.78 Å². The topological polar surface area (TPSA) is 52.0 Å². The minimum absolute atomic E-state index is 0.0637. The van der Waals surface area contributed by atoms with Gasteiger partial charge in [-0.05, 0) is 59.7 Å². The maximum absolute atomic E-state index is 13.8. The van der Waals surface area contributed by atoms with E-state index in [1.54, 1.807) is 30.5 Å². The smallest absolute Gasteiger partial charge is 0.175 e. The predicted octanol–water partition coefficient (Wildman–Crippen LogP) is 7.48. The molecule has 3 aromatic carbocycles. The van der Waals surface area contributed by atoms with Crippen molar-refractivity contribution < 1.29 is 17.2 Å². The SMILES string of the molecule is CC(C)(c1ccc(Cl)c(Cl)c1)c1cnc(SCc2ccc(F)cc2S(C)(=O)=O)n1-c1ccc(F)cc1. The molecule has 188 valence electrons. The summed E-state index contributed by atoms with van der Waals surface area (Å²) in [7, 11) is -3.63. The van der Waals surface area contributed by atoms with E-state index in [0.717, 1.165) is 23.6 Å². The molecule has 0 spiro atoms. The number of sulfone groups is 1. The van der Waals surface area contributed by atoms with Gasteiger partial charge in [0.1, 0.15) is 11.6 Å². The normalized spacial score (nSPS) is 12.2. The zero-order valence-electron chi connectivity index (χ0n) is 19.6. The quantitative estimate of drug-likeness (QED) is 0.217. The molecular formula is C26H22Cl2F2N2O2S2. The van der Waals surface area contributed by atoms with Crippen molar-refractivity contribution in [2.75, 3.05) is 6.26 Å². The zero-order chi connectivity index (χ0) is 26.3. The van der Waals surface area contributed by atoms with Crippen molar-refractivity contribution in [3.05, 3.63) is 105 Å². The lowest BCUT2D eigenvalue weighted by molar-refractivity contribution is 0.591. The van der Waals surface area contributed by atoms with Crippen molar-refractivity contribution in [3.63, 3.8) is 0 Å². The summed E-state index contributed by atoms with van der Waals surface area (Å²) in [5.41, 5.74) is 2.26. The third-order valence-corrected chi connectivity index (χ3v) is 8.80. The lowest BCUT2D eigenvalue weighted by Gasteiger charge is -2.28. The largest absolute Gasteiger partial charge is 0.291 e. The van der Waals surface area contributed by atoms with Crippen LogP contribution in [0.2, 0.25) is 10.0 Å². The van der Waals surface area contributed by atoms with Gasteiger partial charge in [-0.1, -0.05) is 60.9 Å². The van der Waals surface area contributed by atoms with Crippen molar-refractivity contribution >= 4 is 44.8 Å². The highest BCUT2D eigenvalue weighted by Gasteiger charge is 2.30. The summed E-state index contributed by atoms with van der Waals surface area (Å²) in [5, 5.41) is 1.43. The molecule has 0 fully saturated rings.